The van der Waals surface area contributed by atoms with Gasteiger partial charge in [0.15, 0.2) is 0 Å². The van der Waals surface area contributed by atoms with Crippen molar-refractivity contribution in [2.45, 2.75) is 18.9 Å². The third kappa shape index (κ3) is 2.43. The fourth-order valence-electron chi connectivity index (χ4n) is 3.59. The van der Waals surface area contributed by atoms with E-state index >= 15 is 0 Å². The smallest absolute Gasteiger partial charge is 0.253 e. The second-order valence-electron chi connectivity index (χ2n) is 6.13. The molecule has 0 radical (unpaired) electrons. The third-order valence-corrected chi connectivity index (χ3v) is 5.00. The van der Waals surface area contributed by atoms with Crippen LogP contribution in [0.25, 0.3) is 5.52 Å². The van der Waals surface area contributed by atoms with Crippen molar-refractivity contribution in [3.05, 3.63) is 41.2 Å². The number of halogens is 1. The highest BCUT2D eigenvalue weighted by molar-refractivity contribution is 6.31. The highest BCUT2D eigenvalue weighted by Gasteiger charge is 2.34. The van der Waals surface area contributed by atoms with Crippen LogP contribution in [0.5, 0.6) is 0 Å². The normalized spacial score (nSPS) is 28.0. The molecule has 0 saturated carbocycles. The van der Waals surface area contributed by atoms with Gasteiger partial charge in [0.1, 0.15) is 0 Å². The molecule has 3 saturated heterocycles. The number of nitrogens with zero attached hydrogens (tertiary/aromatic N) is 2. The Morgan fingerprint density at radius 2 is 2.05 bits per heavy atom. The third-order valence-electron chi connectivity index (χ3n) is 4.79. The predicted molar refractivity (Wildman–Crippen MR) is 82.8 cm³/mol. The van der Waals surface area contributed by atoms with Gasteiger partial charge in [-0.05, 0) is 50.0 Å². The summed E-state index contributed by atoms with van der Waals surface area (Å²) in [6, 6.07) is 5.97. The van der Waals surface area contributed by atoms with E-state index in [2.05, 4.69) is 10.2 Å². The molecule has 1 unspecified atom stereocenters. The topological polar surface area (TPSA) is 36.8 Å². The van der Waals surface area contributed by atoms with E-state index in [0.29, 0.717) is 22.5 Å². The molecule has 1 N–H and O–H groups in total. The molecule has 5 rings (SSSR count). The summed E-state index contributed by atoms with van der Waals surface area (Å²) in [7, 11) is 0. The Bertz CT molecular complexity index is 688. The van der Waals surface area contributed by atoms with E-state index in [1.807, 2.05) is 35.0 Å². The van der Waals surface area contributed by atoms with Crippen molar-refractivity contribution >= 4 is 23.0 Å². The average molecular weight is 304 g/mol. The van der Waals surface area contributed by atoms with Crippen LogP contribution in [0.15, 0.2) is 30.6 Å². The minimum absolute atomic E-state index is 0.0143. The Balaban J connectivity index is 1.53. The van der Waals surface area contributed by atoms with Crippen LogP contribution in [0, 0.1) is 5.92 Å². The number of carbonyl (C=O) groups excluding carboxylic acids is 1. The zero-order chi connectivity index (χ0) is 14.4. The van der Waals surface area contributed by atoms with E-state index in [0.717, 1.165) is 12.1 Å². The molecule has 110 valence electrons. The van der Waals surface area contributed by atoms with Crippen LogP contribution in [0.4, 0.5) is 0 Å². The molecule has 0 aromatic carbocycles. The molecule has 3 aliphatic heterocycles. The van der Waals surface area contributed by atoms with Crippen molar-refractivity contribution in [2.75, 3.05) is 19.6 Å². The summed E-state index contributed by atoms with van der Waals surface area (Å²) in [5.74, 6) is 0.657. The maximum absolute atomic E-state index is 12.5. The van der Waals surface area contributed by atoms with Gasteiger partial charge in [-0.1, -0.05) is 11.6 Å². The van der Waals surface area contributed by atoms with Gasteiger partial charge in [-0.3, -0.25) is 4.79 Å². The molecule has 2 bridgehead atoms. The van der Waals surface area contributed by atoms with E-state index < -0.39 is 0 Å². The Morgan fingerprint density at radius 1 is 1.24 bits per heavy atom. The van der Waals surface area contributed by atoms with Gasteiger partial charge in [0, 0.05) is 30.5 Å². The zero-order valence-electron chi connectivity index (χ0n) is 11.8. The van der Waals surface area contributed by atoms with Crippen molar-refractivity contribution in [3.8, 4) is 0 Å². The number of aromatic nitrogens is 1. The summed E-state index contributed by atoms with van der Waals surface area (Å²) in [6.45, 7) is 3.36. The fraction of sp³-hybridized carbons (Fsp3) is 0.438. The first-order chi connectivity index (χ1) is 10.2. The van der Waals surface area contributed by atoms with E-state index in [1.54, 1.807) is 0 Å². The van der Waals surface area contributed by atoms with Gasteiger partial charge in [0.2, 0.25) is 0 Å². The molecule has 5 heteroatoms. The van der Waals surface area contributed by atoms with Crippen LogP contribution in [0.2, 0.25) is 5.02 Å². The molecular formula is C16H18ClN3O. The second-order valence-corrected chi connectivity index (χ2v) is 6.56. The Labute approximate surface area is 128 Å². The van der Waals surface area contributed by atoms with E-state index in [9.17, 15) is 4.79 Å². The molecule has 0 spiro atoms. The molecule has 1 amide bonds. The highest BCUT2D eigenvalue weighted by Crippen LogP contribution is 2.27. The number of nitrogens with one attached hydrogen (secondary N) is 1. The van der Waals surface area contributed by atoms with Crippen molar-refractivity contribution in [3.63, 3.8) is 0 Å². The molecule has 4 nitrogen and oxygen atoms in total. The van der Waals surface area contributed by atoms with E-state index in [4.69, 9.17) is 11.6 Å². The number of hydrogen-bond acceptors (Lipinski definition) is 2. The predicted octanol–water partition coefficient (Wildman–Crippen LogP) is 2.42. The minimum Gasteiger partial charge on any atom is -0.348 e. The molecule has 5 heterocycles. The van der Waals surface area contributed by atoms with Gasteiger partial charge in [-0.15, -0.1) is 0 Å². The maximum atomic E-state index is 12.5. The first-order valence-corrected chi connectivity index (χ1v) is 7.87. The van der Waals surface area contributed by atoms with Crippen molar-refractivity contribution in [1.29, 1.82) is 0 Å². The first-order valence-electron chi connectivity index (χ1n) is 7.49. The van der Waals surface area contributed by atoms with Gasteiger partial charge in [0.25, 0.3) is 5.91 Å². The molecule has 3 aliphatic rings. The van der Waals surface area contributed by atoms with E-state index in [-0.39, 0.29) is 5.91 Å². The lowest BCUT2D eigenvalue weighted by Crippen LogP contribution is -2.57. The molecule has 0 aliphatic carbocycles. The quantitative estimate of drug-likeness (QED) is 0.925. The van der Waals surface area contributed by atoms with Crippen LogP contribution >= 0.6 is 11.6 Å². The Kier molecular flexibility index (Phi) is 3.16. The van der Waals surface area contributed by atoms with Crippen LogP contribution in [0.1, 0.15) is 23.2 Å². The molecule has 21 heavy (non-hydrogen) atoms. The number of fused-ring (bicyclic) bond motifs is 4. The van der Waals surface area contributed by atoms with Crippen LogP contribution < -0.4 is 5.32 Å². The van der Waals surface area contributed by atoms with Crippen molar-refractivity contribution in [1.82, 2.24) is 14.6 Å². The zero-order valence-corrected chi connectivity index (χ0v) is 12.5. The number of rotatable bonds is 2. The fourth-order valence-corrected chi connectivity index (χ4v) is 3.81. The van der Waals surface area contributed by atoms with Crippen LogP contribution in [-0.2, 0) is 0 Å². The van der Waals surface area contributed by atoms with Crippen LogP contribution in [0.3, 0.4) is 0 Å². The van der Waals surface area contributed by atoms with Gasteiger partial charge in [-0.25, -0.2) is 0 Å². The van der Waals surface area contributed by atoms with Crippen molar-refractivity contribution in [2.24, 2.45) is 5.92 Å². The monoisotopic (exact) mass is 303 g/mol. The molecule has 1 atom stereocenters. The Morgan fingerprint density at radius 3 is 2.76 bits per heavy atom. The molecule has 3 fully saturated rings. The van der Waals surface area contributed by atoms with Crippen molar-refractivity contribution < 1.29 is 4.79 Å². The Hall–Kier alpha value is -1.52. The van der Waals surface area contributed by atoms with Gasteiger partial charge in [0.05, 0.1) is 10.6 Å². The summed E-state index contributed by atoms with van der Waals surface area (Å²) in [5, 5.41) is 3.90. The number of hydrogen-bond donors (Lipinski definition) is 1. The summed E-state index contributed by atoms with van der Waals surface area (Å²) in [5.41, 5.74) is 1.69. The molecule has 2 aromatic heterocycles. The summed E-state index contributed by atoms with van der Waals surface area (Å²) >= 11 is 5.99. The lowest BCUT2D eigenvalue weighted by Gasteiger charge is -2.44. The summed E-state index contributed by atoms with van der Waals surface area (Å²) in [6.07, 6.45) is 6.08. The SMILES string of the molecule is O=C(NC1CN2CCC1CC2)c1ccc2cc(Cl)cn2c1. The number of carbonyl (C=O) groups is 1. The molecular weight excluding hydrogens is 286 g/mol. The van der Waals surface area contributed by atoms with Gasteiger partial charge < -0.3 is 14.6 Å². The van der Waals surface area contributed by atoms with Crippen LogP contribution in [-0.4, -0.2) is 40.9 Å². The lowest BCUT2D eigenvalue weighted by molar-refractivity contribution is 0.0620. The number of amides is 1. The minimum atomic E-state index is 0.0143. The maximum Gasteiger partial charge on any atom is 0.253 e. The summed E-state index contributed by atoms with van der Waals surface area (Å²) in [4.78, 5) is 14.9. The number of pyridine rings is 1. The van der Waals surface area contributed by atoms with Gasteiger partial charge >= 0.3 is 0 Å². The lowest BCUT2D eigenvalue weighted by atomic mass is 9.84. The largest absolute Gasteiger partial charge is 0.348 e. The molecule has 2 aromatic rings. The first kappa shape index (κ1) is 13.2. The average Bonchev–Trinajstić information content (AvgIpc) is 2.87. The van der Waals surface area contributed by atoms with E-state index in [1.165, 1.54) is 25.9 Å². The highest BCUT2D eigenvalue weighted by atomic mass is 35.5. The summed E-state index contributed by atoms with van der Waals surface area (Å²) < 4.78 is 1.90. The number of piperidine rings is 3. The van der Waals surface area contributed by atoms with Gasteiger partial charge in [-0.2, -0.15) is 0 Å². The standard InChI is InChI=1S/C16H18ClN3O/c17-13-7-14-2-1-12(8-20(14)9-13)16(21)18-15-10-19-5-3-11(15)4-6-19/h1-2,7-9,11,15H,3-6,10H2,(H,18,21). The second kappa shape index (κ2) is 5.04.